The minimum Gasteiger partial charge on any atom is -0.377 e. The monoisotopic (exact) mass is 253 g/mol. The molecule has 0 spiro atoms. The van der Waals surface area contributed by atoms with E-state index in [0.29, 0.717) is 12.0 Å². The standard InChI is InChI=1S/C12H22F3NO/c1-9(2)11(8-16-10-4-5-10)17-7-3-6-12(13,14)15/h9-11,16H,3-8H2,1-2H3. The van der Waals surface area contributed by atoms with Crippen LogP contribution in [0.1, 0.15) is 39.5 Å². The molecular weight excluding hydrogens is 231 g/mol. The van der Waals surface area contributed by atoms with Crippen molar-refractivity contribution in [3.63, 3.8) is 0 Å². The molecule has 1 N–H and O–H groups in total. The van der Waals surface area contributed by atoms with Gasteiger partial charge in [-0.3, -0.25) is 0 Å². The molecule has 0 saturated heterocycles. The topological polar surface area (TPSA) is 21.3 Å². The van der Waals surface area contributed by atoms with Crippen LogP contribution >= 0.6 is 0 Å². The molecule has 0 bridgehead atoms. The molecule has 1 saturated carbocycles. The molecule has 102 valence electrons. The van der Waals surface area contributed by atoms with Crippen molar-refractivity contribution in [3.8, 4) is 0 Å². The summed E-state index contributed by atoms with van der Waals surface area (Å²) in [6, 6.07) is 0.607. The van der Waals surface area contributed by atoms with Crippen molar-refractivity contribution in [2.75, 3.05) is 13.2 Å². The Morgan fingerprint density at radius 1 is 1.29 bits per heavy atom. The predicted molar refractivity (Wildman–Crippen MR) is 60.9 cm³/mol. The van der Waals surface area contributed by atoms with Crippen molar-refractivity contribution in [3.05, 3.63) is 0 Å². The largest absolute Gasteiger partial charge is 0.389 e. The van der Waals surface area contributed by atoms with Gasteiger partial charge in [0.1, 0.15) is 0 Å². The van der Waals surface area contributed by atoms with E-state index in [4.69, 9.17) is 4.74 Å². The summed E-state index contributed by atoms with van der Waals surface area (Å²) in [5.41, 5.74) is 0. The summed E-state index contributed by atoms with van der Waals surface area (Å²) >= 11 is 0. The fourth-order valence-electron chi connectivity index (χ4n) is 1.56. The van der Waals surface area contributed by atoms with Gasteiger partial charge >= 0.3 is 6.18 Å². The fourth-order valence-corrected chi connectivity index (χ4v) is 1.56. The summed E-state index contributed by atoms with van der Waals surface area (Å²) in [6.45, 7) is 5.00. The van der Waals surface area contributed by atoms with Gasteiger partial charge in [-0.15, -0.1) is 0 Å². The molecule has 0 aromatic rings. The molecule has 1 aliphatic carbocycles. The van der Waals surface area contributed by atoms with Crippen molar-refractivity contribution in [2.24, 2.45) is 5.92 Å². The van der Waals surface area contributed by atoms with Crippen LogP contribution in [0.3, 0.4) is 0 Å². The SMILES string of the molecule is CC(C)C(CNC1CC1)OCCCC(F)(F)F. The Bertz CT molecular complexity index is 214. The van der Waals surface area contributed by atoms with Crippen LogP contribution in [0.2, 0.25) is 0 Å². The second kappa shape index (κ2) is 6.59. The first-order valence-corrected chi connectivity index (χ1v) is 6.30. The summed E-state index contributed by atoms with van der Waals surface area (Å²) in [4.78, 5) is 0. The van der Waals surface area contributed by atoms with Crippen LogP contribution < -0.4 is 5.32 Å². The van der Waals surface area contributed by atoms with Gasteiger partial charge in [0.25, 0.3) is 0 Å². The van der Waals surface area contributed by atoms with Crippen molar-refractivity contribution >= 4 is 0 Å². The van der Waals surface area contributed by atoms with E-state index in [1.807, 2.05) is 13.8 Å². The molecule has 1 aliphatic rings. The van der Waals surface area contributed by atoms with Gasteiger partial charge in [0.15, 0.2) is 0 Å². The molecule has 2 nitrogen and oxygen atoms in total. The maximum Gasteiger partial charge on any atom is 0.389 e. The molecule has 1 atom stereocenters. The van der Waals surface area contributed by atoms with Crippen LogP contribution in [-0.2, 0) is 4.74 Å². The molecular formula is C12H22F3NO. The third kappa shape index (κ3) is 7.60. The maximum absolute atomic E-state index is 11.9. The fraction of sp³-hybridized carbons (Fsp3) is 1.00. The molecule has 1 unspecified atom stereocenters. The maximum atomic E-state index is 11.9. The van der Waals surface area contributed by atoms with Crippen LogP contribution in [0.5, 0.6) is 0 Å². The zero-order chi connectivity index (χ0) is 12.9. The average Bonchev–Trinajstić information content (AvgIpc) is 2.98. The van der Waals surface area contributed by atoms with Crippen LogP contribution in [0, 0.1) is 5.92 Å². The normalized spacial score (nSPS) is 18.7. The molecule has 17 heavy (non-hydrogen) atoms. The Kier molecular flexibility index (Phi) is 5.73. The second-order valence-electron chi connectivity index (χ2n) is 5.05. The lowest BCUT2D eigenvalue weighted by Gasteiger charge is -2.22. The first kappa shape index (κ1) is 14.8. The van der Waals surface area contributed by atoms with Gasteiger partial charge in [-0.05, 0) is 25.2 Å². The lowest BCUT2D eigenvalue weighted by molar-refractivity contribution is -0.139. The molecule has 0 amide bonds. The number of nitrogens with one attached hydrogen (secondary N) is 1. The smallest absolute Gasteiger partial charge is 0.377 e. The zero-order valence-electron chi connectivity index (χ0n) is 10.5. The van der Waals surface area contributed by atoms with E-state index in [1.165, 1.54) is 12.8 Å². The van der Waals surface area contributed by atoms with Crippen LogP contribution in [0.25, 0.3) is 0 Å². The molecule has 0 radical (unpaired) electrons. The summed E-state index contributed by atoms with van der Waals surface area (Å²) in [5.74, 6) is 0.326. The Hall–Kier alpha value is -0.290. The number of ether oxygens (including phenoxy) is 1. The molecule has 0 aromatic carbocycles. The van der Waals surface area contributed by atoms with Gasteiger partial charge in [0, 0.05) is 25.6 Å². The molecule has 5 heteroatoms. The van der Waals surface area contributed by atoms with Crippen molar-refractivity contribution in [2.45, 2.75) is 57.9 Å². The van der Waals surface area contributed by atoms with Crippen LogP contribution in [0.4, 0.5) is 13.2 Å². The first-order chi connectivity index (χ1) is 7.88. The second-order valence-corrected chi connectivity index (χ2v) is 5.05. The van der Waals surface area contributed by atoms with Gasteiger partial charge < -0.3 is 10.1 Å². The summed E-state index contributed by atoms with van der Waals surface area (Å²) in [5, 5.41) is 3.35. The van der Waals surface area contributed by atoms with Crippen molar-refractivity contribution < 1.29 is 17.9 Å². The molecule has 0 aromatic heterocycles. The highest BCUT2D eigenvalue weighted by molar-refractivity contribution is 4.82. The minimum atomic E-state index is -4.07. The zero-order valence-corrected chi connectivity index (χ0v) is 10.5. The highest BCUT2D eigenvalue weighted by atomic mass is 19.4. The molecule has 0 aliphatic heterocycles. The van der Waals surface area contributed by atoms with E-state index in [0.717, 1.165) is 6.54 Å². The highest BCUT2D eigenvalue weighted by Crippen LogP contribution is 2.22. The number of rotatable bonds is 8. The minimum absolute atomic E-state index is 0.0174. The quantitative estimate of drug-likeness (QED) is 0.671. The summed E-state index contributed by atoms with van der Waals surface area (Å²) < 4.78 is 41.3. The lowest BCUT2D eigenvalue weighted by atomic mass is 10.1. The van der Waals surface area contributed by atoms with E-state index in [2.05, 4.69) is 5.32 Å². The Balaban J connectivity index is 2.10. The predicted octanol–water partition coefficient (Wildman–Crippen LogP) is 3.12. The Labute approximate surface area is 101 Å². The van der Waals surface area contributed by atoms with Crippen molar-refractivity contribution in [1.29, 1.82) is 0 Å². The summed E-state index contributed by atoms with van der Waals surface area (Å²) in [6.07, 6.45) is -2.34. The van der Waals surface area contributed by atoms with Crippen LogP contribution in [-0.4, -0.2) is 31.5 Å². The van der Waals surface area contributed by atoms with E-state index in [9.17, 15) is 13.2 Å². The number of hydrogen-bond donors (Lipinski definition) is 1. The summed E-state index contributed by atoms with van der Waals surface area (Å²) in [7, 11) is 0. The van der Waals surface area contributed by atoms with Gasteiger partial charge in [0.05, 0.1) is 6.10 Å². The molecule has 1 fully saturated rings. The van der Waals surface area contributed by atoms with E-state index < -0.39 is 12.6 Å². The lowest BCUT2D eigenvalue weighted by Crippen LogP contribution is -2.34. The average molecular weight is 253 g/mol. The Morgan fingerprint density at radius 2 is 1.94 bits per heavy atom. The Morgan fingerprint density at radius 3 is 2.41 bits per heavy atom. The highest BCUT2D eigenvalue weighted by Gasteiger charge is 2.27. The first-order valence-electron chi connectivity index (χ1n) is 6.30. The van der Waals surface area contributed by atoms with Gasteiger partial charge in [-0.1, -0.05) is 13.8 Å². The number of hydrogen-bond acceptors (Lipinski definition) is 2. The van der Waals surface area contributed by atoms with E-state index >= 15 is 0 Å². The number of halogens is 3. The van der Waals surface area contributed by atoms with Crippen LogP contribution in [0.15, 0.2) is 0 Å². The van der Waals surface area contributed by atoms with E-state index in [1.54, 1.807) is 0 Å². The number of alkyl halides is 3. The third-order valence-corrected chi connectivity index (χ3v) is 2.87. The third-order valence-electron chi connectivity index (χ3n) is 2.87. The van der Waals surface area contributed by atoms with E-state index in [-0.39, 0.29) is 19.1 Å². The van der Waals surface area contributed by atoms with Gasteiger partial charge in [0.2, 0.25) is 0 Å². The molecule has 1 rings (SSSR count). The van der Waals surface area contributed by atoms with Crippen molar-refractivity contribution in [1.82, 2.24) is 5.32 Å². The molecule has 0 heterocycles. The van der Waals surface area contributed by atoms with Gasteiger partial charge in [-0.25, -0.2) is 0 Å². The van der Waals surface area contributed by atoms with Gasteiger partial charge in [-0.2, -0.15) is 13.2 Å².